The third kappa shape index (κ3) is 2.69. The molecule has 11 rings (SSSR count). The molecule has 0 saturated heterocycles. The Balaban J connectivity index is 1.41. The van der Waals surface area contributed by atoms with Gasteiger partial charge in [-0.05, 0) is 107 Å². The van der Waals surface area contributed by atoms with Crippen LogP contribution in [0, 0.1) is 0 Å². The first kappa shape index (κ1) is 23.6. The Bertz CT molecular complexity index is 2550. The average molecular weight is 569 g/mol. The number of fused-ring (bicyclic) bond motifs is 14. The van der Waals surface area contributed by atoms with E-state index in [2.05, 4.69) is 150 Å². The molecule has 2 nitrogen and oxygen atoms in total. The Morgan fingerprint density at radius 1 is 0.400 bits per heavy atom. The lowest BCUT2D eigenvalue weighted by atomic mass is 9.69. The van der Waals surface area contributed by atoms with Gasteiger partial charge in [-0.15, -0.1) is 0 Å². The third-order valence-electron chi connectivity index (χ3n) is 10.6. The zero-order valence-corrected chi connectivity index (χ0v) is 24.3. The molecule has 0 unspecified atom stereocenters. The monoisotopic (exact) mass is 568 g/mol. The molecule has 0 bridgehead atoms. The van der Waals surface area contributed by atoms with Gasteiger partial charge in [-0.2, -0.15) is 10.2 Å². The fraction of sp³-hybridized carbons (Fsp3) is 0.0233. The summed E-state index contributed by atoms with van der Waals surface area (Å²) in [4.78, 5) is 0. The molecule has 0 fully saturated rings. The van der Waals surface area contributed by atoms with Crippen LogP contribution in [0.15, 0.2) is 146 Å². The molecule has 3 aliphatic rings. The van der Waals surface area contributed by atoms with Gasteiger partial charge in [-0.3, -0.25) is 0 Å². The highest BCUT2D eigenvalue weighted by atomic mass is 15.1. The molecule has 0 N–H and O–H groups in total. The van der Waals surface area contributed by atoms with Crippen LogP contribution < -0.4 is 0 Å². The molecule has 45 heavy (non-hydrogen) atoms. The van der Waals surface area contributed by atoms with Crippen molar-refractivity contribution in [2.75, 3.05) is 0 Å². The van der Waals surface area contributed by atoms with Crippen LogP contribution in [-0.2, 0) is 5.41 Å². The minimum absolute atomic E-state index is 0.421. The van der Waals surface area contributed by atoms with Crippen LogP contribution >= 0.6 is 0 Å². The predicted molar refractivity (Wildman–Crippen MR) is 183 cm³/mol. The van der Waals surface area contributed by atoms with Crippen molar-refractivity contribution in [3.63, 3.8) is 0 Å². The molecule has 206 valence electrons. The Labute approximate surface area is 260 Å². The van der Waals surface area contributed by atoms with E-state index in [4.69, 9.17) is 0 Å². The molecule has 1 spiro atoms. The van der Waals surface area contributed by atoms with E-state index in [1.165, 1.54) is 88.7 Å². The lowest BCUT2D eigenvalue weighted by Gasteiger charge is -2.31. The summed E-state index contributed by atoms with van der Waals surface area (Å²) in [6.07, 6.45) is 1.82. The molecular formula is C43H24N2. The van der Waals surface area contributed by atoms with Gasteiger partial charge in [0.25, 0.3) is 0 Å². The van der Waals surface area contributed by atoms with Gasteiger partial charge in [-0.1, -0.05) is 121 Å². The van der Waals surface area contributed by atoms with E-state index < -0.39 is 5.41 Å². The van der Waals surface area contributed by atoms with Gasteiger partial charge in [0, 0.05) is 5.39 Å². The van der Waals surface area contributed by atoms with Gasteiger partial charge < -0.3 is 0 Å². The zero-order valence-electron chi connectivity index (χ0n) is 24.3. The number of nitrogens with zero attached hydrogens (tertiary/aromatic N) is 2. The van der Waals surface area contributed by atoms with Crippen LogP contribution in [-0.4, -0.2) is 10.2 Å². The van der Waals surface area contributed by atoms with Crippen LogP contribution in [0.2, 0.25) is 0 Å². The second-order valence-electron chi connectivity index (χ2n) is 12.5. The highest BCUT2D eigenvalue weighted by Crippen LogP contribution is 2.67. The summed E-state index contributed by atoms with van der Waals surface area (Å²) >= 11 is 0. The van der Waals surface area contributed by atoms with E-state index in [0.717, 1.165) is 10.9 Å². The van der Waals surface area contributed by atoms with Gasteiger partial charge >= 0.3 is 0 Å². The number of aromatic nitrogens is 2. The fourth-order valence-corrected chi connectivity index (χ4v) is 9.02. The molecule has 0 amide bonds. The van der Waals surface area contributed by atoms with Crippen molar-refractivity contribution in [3.8, 4) is 55.6 Å². The van der Waals surface area contributed by atoms with Crippen molar-refractivity contribution in [1.29, 1.82) is 0 Å². The first-order valence-electron chi connectivity index (χ1n) is 15.6. The Hall–Kier alpha value is -5.86. The summed E-state index contributed by atoms with van der Waals surface area (Å²) in [5.74, 6) is 0. The fourth-order valence-electron chi connectivity index (χ4n) is 9.02. The van der Waals surface area contributed by atoms with Gasteiger partial charge in [0.2, 0.25) is 0 Å². The number of benzene rings is 7. The minimum atomic E-state index is -0.421. The lowest BCUT2D eigenvalue weighted by Crippen LogP contribution is -2.26. The lowest BCUT2D eigenvalue weighted by molar-refractivity contribution is 0.794. The molecule has 1 aromatic heterocycles. The van der Waals surface area contributed by atoms with Crippen molar-refractivity contribution in [2.45, 2.75) is 5.41 Å². The largest absolute Gasteiger partial charge is 0.159 e. The zero-order chi connectivity index (χ0) is 29.3. The summed E-state index contributed by atoms with van der Waals surface area (Å²) < 4.78 is 0. The van der Waals surface area contributed by atoms with Crippen molar-refractivity contribution in [3.05, 3.63) is 168 Å². The van der Waals surface area contributed by atoms with E-state index in [1.807, 2.05) is 6.20 Å². The first-order valence-corrected chi connectivity index (χ1v) is 15.6. The van der Waals surface area contributed by atoms with Crippen molar-refractivity contribution >= 4 is 21.7 Å². The minimum Gasteiger partial charge on any atom is -0.159 e. The maximum atomic E-state index is 4.56. The Morgan fingerprint density at radius 3 is 1.76 bits per heavy atom. The topological polar surface area (TPSA) is 25.8 Å². The van der Waals surface area contributed by atoms with Crippen molar-refractivity contribution in [1.82, 2.24) is 10.2 Å². The second kappa shape index (κ2) is 8.19. The Kier molecular flexibility index (Phi) is 4.29. The van der Waals surface area contributed by atoms with E-state index in [9.17, 15) is 0 Å². The van der Waals surface area contributed by atoms with Gasteiger partial charge in [0.05, 0.1) is 17.1 Å². The standard InChI is InChI=1S/C43H24N2/c1-4-18-34-26(12-1)27-13-2-5-19-35(27)43(34)36-20-6-3-14-31(36)41-37(43)24-33-30-15-7-10-25-11-8-17-32(39(25)30)40(33)42(41)29-16-9-21-38-28(29)22-23-44-45-38/h1-24H. The molecule has 0 radical (unpaired) electrons. The molecule has 1 heterocycles. The third-order valence-corrected chi connectivity index (χ3v) is 10.6. The first-order chi connectivity index (χ1) is 22.4. The molecule has 8 aromatic rings. The van der Waals surface area contributed by atoms with Crippen LogP contribution in [0.1, 0.15) is 22.3 Å². The molecule has 3 aliphatic carbocycles. The smallest absolute Gasteiger partial charge is 0.0935 e. The van der Waals surface area contributed by atoms with Gasteiger partial charge in [-0.25, -0.2) is 0 Å². The van der Waals surface area contributed by atoms with Gasteiger partial charge in [0.15, 0.2) is 0 Å². The maximum Gasteiger partial charge on any atom is 0.0935 e. The quantitative estimate of drug-likeness (QED) is 0.197. The SMILES string of the molecule is c1ccc2c(c1)-c1ccccc1C21c2ccccc2-c2c1cc1c(c2-c2cccc3nnccc23)-c2cccc3cccc-1c23. The van der Waals surface area contributed by atoms with E-state index in [1.54, 1.807) is 0 Å². The van der Waals surface area contributed by atoms with Crippen LogP contribution in [0.5, 0.6) is 0 Å². The normalized spacial score (nSPS) is 14.0. The molecule has 0 aliphatic heterocycles. The number of rotatable bonds is 1. The molecule has 2 heteroatoms. The summed E-state index contributed by atoms with van der Waals surface area (Å²) in [6, 6.07) is 51.9. The van der Waals surface area contributed by atoms with Crippen molar-refractivity contribution in [2.24, 2.45) is 0 Å². The number of hydrogen-bond acceptors (Lipinski definition) is 2. The Morgan fingerprint density at radius 2 is 1.00 bits per heavy atom. The summed E-state index contributed by atoms with van der Waals surface area (Å²) in [5.41, 5.74) is 18.9. The van der Waals surface area contributed by atoms with Crippen LogP contribution in [0.25, 0.3) is 77.3 Å². The number of hydrogen-bond donors (Lipinski definition) is 0. The highest BCUT2D eigenvalue weighted by molar-refractivity contribution is 6.22. The van der Waals surface area contributed by atoms with E-state index in [-0.39, 0.29) is 0 Å². The van der Waals surface area contributed by atoms with Crippen LogP contribution in [0.4, 0.5) is 0 Å². The maximum absolute atomic E-state index is 4.56. The molecule has 0 atom stereocenters. The van der Waals surface area contributed by atoms with E-state index in [0.29, 0.717) is 0 Å². The average Bonchev–Trinajstić information content (AvgIpc) is 3.70. The molecule has 7 aromatic carbocycles. The molecule has 0 saturated carbocycles. The van der Waals surface area contributed by atoms with Gasteiger partial charge in [0.1, 0.15) is 0 Å². The van der Waals surface area contributed by atoms with Crippen LogP contribution in [0.3, 0.4) is 0 Å². The van der Waals surface area contributed by atoms with E-state index >= 15 is 0 Å². The van der Waals surface area contributed by atoms with Crippen molar-refractivity contribution < 1.29 is 0 Å². The summed E-state index contributed by atoms with van der Waals surface area (Å²) in [5, 5.41) is 12.6. The second-order valence-corrected chi connectivity index (χ2v) is 12.5. The predicted octanol–water partition coefficient (Wildman–Crippen LogP) is 10.4. The summed E-state index contributed by atoms with van der Waals surface area (Å²) in [6.45, 7) is 0. The highest BCUT2D eigenvalue weighted by Gasteiger charge is 2.53. The molecular weight excluding hydrogens is 544 g/mol. The summed E-state index contributed by atoms with van der Waals surface area (Å²) in [7, 11) is 0.